The van der Waals surface area contributed by atoms with Crippen LogP contribution >= 0.6 is 11.6 Å². The Kier molecular flexibility index (Phi) is 7.95. The third-order valence-electron chi connectivity index (χ3n) is 5.45. The van der Waals surface area contributed by atoms with E-state index in [-0.39, 0.29) is 23.9 Å². The summed E-state index contributed by atoms with van der Waals surface area (Å²) in [4.78, 5) is 12.5. The van der Waals surface area contributed by atoms with E-state index in [0.717, 1.165) is 37.1 Å². The van der Waals surface area contributed by atoms with Crippen LogP contribution in [-0.2, 0) is 22.4 Å². The number of hydrogen-bond acceptors (Lipinski definition) is 7. The second-order valence-electron chi connectivity index (χ2n) is 8.20. The number of nitriles is 1. The predicted molar refractivity (Wildman–Crippen MR) is 124 cm³/mol. The quantitative estimate of drug-likeness (QED) is 0.489. The number of aromatic nitrogens is 3. The first-order chi connectivity index (χ1) is 16.5. The van der Waals surface area contributed by atoms with Gasteiger partial charge in [-0.1, -0.05) is 22.8 Å². The summed E-state index contributed by atoms with van der Waals surface area (Å²) in [5.74, 6) is 0.275. The van der Waals surface area contributed by atoms with Crippen LogP contribution in [-0.4, -0.2) is 46.4 Å². The molecule has 1 aromatic carbocycles. The molecular formula is C24H26ClN5O4. The maximum absolute atomic E-state index is 12.5. The van der Waals surface area contributed by atoms with E-state index < -0.39 is 0 Å². The molecule has 0 spiro atoms. The highest BCUT2D eigenvalue weighted by molar-refractivity contribution is 6.32. The fourth-order valence-corrected chi connectivity index (χ4v) is 3.90. The van der Waals surface area contributed by atoms with Gasteiger partial charge < -0.3 is 19.3 Å². The van der Waals surface area contributed by atoms with E-state index in [1.54, 1.807) is 28.9 Å². The highest BCUT2D eigenvalue weighted by Crippen LogP contribution is 2.24. The van der Waals surface area contributed by atoms with E-state index in [1.165, 1.54) is 0 Å². The number of hydrogen-bond donors (Lipinski definition) is 1. The Morgan fingerprint density at radius 1 is 1.38 bits per heavy atom. The Bertz CT molecular complexity index is 1160. The topological polar surface area (TPSA) is 115 Å². The van der Waals surface area contributed by atoms with Crippen molar-refractivity contribution < 1.29 is 18.8 Å². The van der Waals surface area contributed by atoms with Gasteiger partial charge >= 0.3 is 0 Å². The normalized spacial score (nSPS) is 16.7. The molecule has 0 saturated carbocycles. The van der Waals surface area contributed by atoms with Crippen LogP contribution in [0, 0.1) is 11.3 Å². The van der Waals surface area contributed by atoms with Gasteiger partial charge in [0.15, 0.2) is 12.0 Å². The molecule has 3 heterocycles. The van der Waals surface area contributed by atoms with Gasteiger partial charge in [-0.15, -0.1) is 0 Å². The molecule has 0 bridgehead atoms. The van der Waals surface area contributed by atoms with Gasteiger partial charge in [-0.3, -0.25) is 9.48 Å². The van der Waals surface area contributed by atoms with Crippen LogP contribution in [0.25, 0.3) is 11.3 Å². The van der Waals surface area contributed by atoms with Crippen molar-refractivity contribution >= 4 is 17.5 Å². The Morgan fingerprint density at radius 3 is 3.03 bits per heavy atom. The van der Waals surface area contributed by atoms with Gasteiger partial charge in [0, 0.05) is 36.9 Å². The molecule has 2 aromatic heterocycles. The maximum Gasteiger partial charge on any atom is 0.273 e. The molecule has 34 heavy (non-hydrogen) atoms. The molecule has 1 aliphatic rings. The molecule has 1 saturated heterocycles. The van der Waals surface area contributed by atoms with E-state index in [4.69, 9.17) is 30.9 Å². The lowest BCUT2D eigenvalue weighted by atomic mass is 10.1. The van der Waals surface area contributed by atoms with Gasteiger partial charge in [0.2, 0.25) is 0 Å². The van der Waals surface area contributed by atoms with Crippen LogP contribution in [0.5, 0.6) is 0 Å². The molecule has 178 valence electrons. The van der Waals surface area contributed by atoms with Gasteiger partial charge in [-0.25, -0.2) is 0 Å². The van der Waals surface area contributed by atoms with E-state index >= 15 is 0 Å². The summed E-state index contributed by atoms with van der Waals surface area (Å²) in [7, 11) is 0. The zero-order chi connectivity index (χ0) is 23.9. The van der Waals surface area contributed by atoms with Crippen molar-refractivity contribution in [1.29, 1.82) is 5.26 Å². The van der Waals surface area contributed by atoms with Crippen molar-refractivity contribution in [2.75, 3.05) is 13.2 Å². The molecule has 0 aliphatic carbocycles. The van der Waals surface area contributed by atoms with Crippen molar-refractivity contribution in [1.82, 2.24) is 20.3 Å². The largest absolute Gasteiger partial charge is 0.361 e. The molecule has 1 amide bonds. The van der Waals surface area contributed by atoms with Gasteiger partial charge in [0.1, 0.15) is 11.8 Å². The van der Waals surface area contributed by atoms with Crippen molar-refractivity contribution in [3.05, 3.63) is 58.6 Å². The number of carbonyl (C=O) groups is 1. The first kappa shape index (κ1) is 24.0. The zero-order valence-electron chi connectivity index (χ0n) is 18.9. The number of nitrogens with zero attached hydrogens (tertiary/aromatic N) is 4. The number of nitrogens with one attached hydrogen (secondary N) is 1. The van der Waals surface area contributed by atoms with Crippen LogP contribution in [0.15, 0.2) is 41.1 Å². The first-order valence-electron chi connectivity index (χ1n) is 11.2. The summed E-state index contributed by atoms with van der Waals surface area (Å²) in [6.07, 6.45) is 5.28. The minimum Gasteiger partial charge on any atom is -0.361 e. The van der Waals surface area contributed by atoms with Crippen molar-refractivity contribution in [3.8, 4) is 17.3 Å². The lowest BCUT2D eigenvalue weighted by molar-refractivity contribution is -0.162. The molecule has 0 radical (unpaired) electrons. The molecule has 3 aromatic rings. The molecule has 2 atom stereocenters. The number of halogens is 1. The summed E-state index contributed by atoms with van der Waals surface area (Å²) in [5, 5.41) is 20.7. The molecule has 1 aliphatic heterocycles. The Morgan fingerprint density at radius 2 is 2.26 bits per heavy atom. The second-order valence-corrected chi connectivity index (χ2v) is 8.61. The highest BCUT2D eigenvalue weighted by Gasteiger charge is 2.17. The number of carbonyl (C=O) groups excluding carboxylic acids is 1. The second kappa shape index (κ2) is 11.3. The SMILES string of the molecule is CC(Cn1ccc(-c2ccc(C#N)c(Cl)c2)n1)NC(=O)c1cc(CCOC2CCCCO2)on1. The smallest absolute Gasteiger partial charge is 0.273 e. The fraction of sp³-hybridized carbons (Fsp3) is 0.417. The molecule has 4 rings (SSSR count). The monoisotopic (exact) mass is 483 g/mol. The van der Waals surface area contributed by atoms with Crippen LogP contribution < -0.4 is 5.32 Å². The third-order valence-corrected chi connectivity index (χ3v) is 5.76. The lowest BCUT2D eigenvalue weighted by Crippen LogP contribution is -2.36. The average molecular weight is 484 g/mol. The minimum absolute atomic E-state index is 0.156. The number of amides is 1. The standard InChI is InChI=1S/C24H26ClN5O4/c1-16(15-30-9-7-21(28-30)17-5-6-18(14-26)20(25)12-17)27-24(31)22-13-19(34-29-22)8-11-33-23-4-2-3-10-32-23/h5-7,9,12-13,16,23H,2-4,8,10-11,15H2,1H3,(H,27,31). The summed E-state index contributed by atoms with van der Waals surface area (Å²) in [6.45, 7) is 3.54. The average Bonchev–Trinajstić information content (AvgIpc) is 3.50. The van der Waals surface area contributed by atoms with Crippen LogP contribution in [0.4, 0.5) is 0 Å². The Labute approximate surface area is 202 Å². The molecular weight excluding hydrogens is 458 g/mol. The minimum atomic E-state index is -0.315. The van der Waals surface area contributed by atoms with Gasteiger partial charge in [0.25, 0.3) is 5.91 Å². The van der Waals surface area contributed by atoms with E-state index in [2.05, 4.69) is 15.6 Å². The summed E-state index contributed by atoms with van der Waals surface area (Å²) < 4.78 is 18.2. The summed E-state index contributed by atoms with van der Waals surface area (Å²) in [6, 6.07) is 10.5. The molecule has 2 unspecified atom stereocenters. The van der Waals surface area contributed by atoms with Crippen LogP contribution in [0.3, 0.4) is 0 Å². The van der Waals surface area contributed by atoms with E-state index in [1.807, 2.05) is 25.3 Å². The van der Waals surface area contributed by atoms with Crippen molar-refractivity contribution in [2.24, 2.45) is 0 Å². The number of ether oxygens (including phenoxy) is 2. The maximum atomic E-state index is 12.5. The summed E-state index contributed by atoms with van der Waals surface area (Å²) in [5.41, 5.74) is 2.19. The molecule has 1 fully saturated rings. The van der Waals surface area contributed by atoms with Gasteiger partial charge in [-0.2, -0.15) is 10.4 Å². The van der Waals surface area contributed by atoms with E-state index in [0.29, 0.717) is 35.9 Å². The lowest BCUT2D eigenvalue weighted by Gasteiger charge is -2.22. The summed E-state index contributed by atoms with van der Waals surface area (Å²) >= 11 is 6.12. The predicted octanol–water partition coefficient (Wildman–Crippen LogP) is 3.97. The zero-order valence-corrected chi connectivity index (χ0v) is 19.6. The van der Waals surface area contributed by atoms with Crippen molar-refractivity contribution in [2.45, 2.75) is 51.5 Å². The van der Waals surface area contributed by atoms with Gasteiger partial charge in [0.05, 0.1) is 29.4 Å². The van der Waals surface area contributed by atoms with E-state index in [9.17, 15) is 4.79 Å². The highest BCUT2D eigenvalue weighted by atomic mass is 35.5. The van der Waals surface area contributed by atoms with Crippen LogP contribution in [0.1, 0.15) is 48.0 Å². The molecule has 1 N–H and O–H groups in total. The Balaban J connectivity index is 1.26. The number of rotatable bonds is 9. The Hall–Kier alpha value is -3.19. The van der Waals surface area contributed by atoms with Crippen LogP contribution in [0.2, 0.25) is 5.02 Å². The third kappa shape index (κ3) is 6.23. The molecule has 9 nitrogen and oxygen atoms in total. The van der Waals surface area contributed by atoms with Crippen molar-refractivity contribution in [3.63, 3.8) is 0 Å². The van der Waals surface area contributed by atoms with Gasteiger partial charge in [-0.05, 0) is 44.4 Å². The fourth-order valence-electron chi connectivity index (χ4n) is 3.68. The number of benzene rings is 1. The molecule has 10 heteroatoms. The first-order valence-corrected chi connectivity index (χ1v) is 11.6.